The Morgan fingerprint density at radius 1 is 1.06 bits per heavy atom. The highest BCUT2D eigenvalue weighted by atomic mass is 32.1. The van der Waals surface area contributed by atoms with E-state index in [9.17, 15) is 9.59 Å². The van der Waals surface area contributed by atoms with Crippen LogP contribution in [0.15, 0.2) is 59.3 Å². The third-order valence-corrected chi connectivity index (χ3v) is 6.99. The zero-order chi connectivity index (χ0) is 21.6. The number of nitrogens with one attached hydrogen (secondary N) is 1. The Morgan fingerprint density at radius 2 is 1.90 bits per heavy atom. The number of aromatic nitrogens is 1. The minimum Gasteiger partial charge on any atom is -0.455 e. The van der Waals surface area contributed by atoms with E-state index in [-0.39, 0.29) is 6.42 Å². The maximum atomic E-state index is 12.4. The number of thiazole rings is 1. The van der Waals surface area contributed by atoms with Gasteiger partial charge in [-0.3, -0.25) is 9.59 Å². The molecule has 0 bridgehead atoms. The number of anilines is 1. The number of thiophene rings is 2. The number of hydrogen-bond acceptors (Lipinski definition) is 8. The molecule has 0 fully saturated rings. The Labute approximate surface area is 190 Å². The number of esters is 1. The Balaban J connectivity index is 1.44. The predicted molar refractivity (Wildman–Crippen MR) is 123 cm³/mol. The Morgan fingerprint density at radius 3 is 2.65 bits per heavy atom. The van der Waals surface area contributed by atoms with Gasteiger partial charge in [0.05, 0.1) is 22.6 Å². The molecule has 0 radical (unpaired) electrons. The van der Waals surface area contributed by atoms with E-state index >= 15 is 0 Å². The second kappa shape index (κ2) is 9.66. The highest BCUT2D eigenvalue weighted by Crippen LogP contribution is 2.36. The molecule has 1 amide bonds. The molecule has 4 aromatic rings. The van der Waals surface area contributed by atoms with Crippen molar-refractivity contribution in [1.29, 1.82) is 5.26 Å². The number of amides is 1. The summed E-state index contributed by atoms with van der Waals surface area (Å²) in [4.78, 5) is 31.0. The molecule has 0 saturated heterocycles. The molecule has 0 spiro atoms. The molecule has 0 atom stereocenters. The molecule has 0 unspecified atom stereocenters. The molecular formula is C22H15N3O3S3. The van der Waals surface area contributed by atoms with Crippen molar-refractivity contribution in [2.45, 2.75) is 6.42 Å². The number of rotatable bonds is 7. The van der Waals surface area contributed by atoms with Crippen LogP contribution in [0, 0.1) is 11.3 Å². The van der Waals surface area contributed by atoms with Gasteiger partial charge < -0.3 is 10.1 Å². The van der Waals surface area contributed by atoms with Gasteiger partial charge in [0.25, 0.3) is 5.91 Å². The van der Waals surface area contributed by atoms with Crippen molar-refractivity contribution in [3.05, 3.63) is 69.7 Å². The summed E-state index contributed by atoms with van der Waals surface area (Å²) < 4.78 is 5.17. The van der Waals surface area contributed by atoms with Gasteiger partial charge in [0.2, 0.25) is 0 Å². The molecule has 4 rings (SSSR count). The van der Waals surface area contributed by atoms with Crippen LogP contribution in [0.2, 0.25) is 0 Å². The van der Waals surface area contributed by atoms with Crippen molar-refractivity contribution in [3.63, 3.8) is 0 Å². The zero-order valence-electron chi connectivity index (χ0n) is 16.0. The molecule has 0 aliphatic carbocycles. The number of hydrogen-bond donors (Lipinski definition) is 1. The first-order valence-corrected chi connectivity index (χ1v) is 11.7. The second-order valence-corrected chi connectivity index (χ2v) is 9.24. The number of benzene rings is 1. The Kier molecular flexibility index (Phi) is 6.52. The quantitative estimate of drug-likeness (QED) is 0.379. The van der Waals surface area contributed by atoms with Crippen molar-refractivity contribution >= 4 is 50.9 Å². The van der Waals surface area contributed by atoms with Crippen LogP contribution >= 0.6 is 34.0 Å². The lowest BCUT2D eigenvalue weighted by Crippen LogP contribution is -2.21. The molecule has 6 nitrogen and oxygen atoms in total. The molecule has 9 heteroatoms. The first-order valence-electron chi connectivity index (χ1n) is 9.16. The number of ether oxygens (including phenoxy) is 1. The van der Waals surface area contributed by atoms with Gasteiger partial charge >= 0.3 is 5.97 Å². The van der Waals surface area contributed by atoms with Crippen molar-refractivity contribution < 1.29 is 14.3 Å². The van der Waals surface area contributed by atoms with Crippen molar-refractivity contribution in [2.75, 3.05) is 11.9 Å². The fourth-order valence-electron chi connectivity index (χ4n) is 2.77. The van der Waals surface area contributed by atoms with Crippen molar-refractivity contribution in [3.8, 4) is 27.2 Å². The molecule has 1 aromatic carbocycles. The topological polar surface area (TPSA) is 92.1 Å². The maximum absolute atomic E-state index is 12.4. The van der Waals surface area contributed by atoms with Crippen LogP contribution in [-0.4, -0.2) is 23.5 Å². The van der Waals surface area contributed by atoms with Crippen LogP contribution in [-0.2, 0) is 20.7 Å². The molecule has 154 valence electrons. The normalized spacial score (nSPS) is 10.4. The van der Waals surface area contributed by atoms with Gasteiger partial charge in [-0.05, 0) is 22.9 Å². The summed E-state index contributed by atoms with van der Waals surface area (Å²) in [7, 11) is 0. The average molecular weight is 466 g/mol. The Bertz CT molecular complexity index is 1240. The number of nitrogens with zero attached hydrogens (tertiary/aromatic N) is 2. The minimum absolute atomic E-state index is 0.0213. The fraction of sp³-hybridized carbons (Fsp3) is 0.0909. The Hall–Kier alpha value is -3.32. The third-order valence-electron chi connectivity index (χ3n) is 4.18. The second-order valence-electron chi connectivity index (χ2n) is 6.29. The number of carbonyl (C=O) groups excluding carboxylic acids is 2. The van der Waals surface area contributed by atoms with E-state index in [1.807, 2.05) is 53.9 Å². The van der Waals surface area contributed by atoms with Gasteiger partial charge in [-0.1, -0.05) is 36.4 Å². The third kappa shape index (κ3) is 5.06. The maximum Gasteiger partial charge on any atom is 0.311 e. The predicted octanol–water partition coefficient (Wildman–Crippen LogP) is 5.20. The molecule has 0 aliphatic rings. The highest BCUT2D eigenvalue weighted by molar-refractivity contribution is 7.17. The van der Waals surface area contributed by atoms with Gasteiger partial charge in [-0.15, -0.1) is 34.0 Å². The summed E-state index contributed by atoms with van der Waals surface area (Å²) in [5, 5.41) is 16.5. The van der Waals surface area contributed by atoms with E-state index in [2.05, 4.69) is 5.32 Å². The smallest absolute Gasteiger partial charge is 0.311 e. The van der Waals surface area contributed by atoms with E-state index in [4.69, 9.17) is 15.0 Å². The summed E-state index contributed by atoms with van der Waals surface area (Å²) in [6.45, 7) is -0.416. The molecule has 0 aliphatic heterocycles. The average Bonchev–Trinajstić information content (AvgIpc) is 3.53. The van der Waals surface area contributed by atoms with E-state index < -0.39 is 18.5 Å². The molecule has 3 aromatic heterocycles. The molecular weight excluding hydrogens is 450 g/mol. The van der Waals surface area contributed by atoms with E-state index in [1.54, 1.807) is 22.8 Å². The van der Waals surface area contributed by atoms with Crippen LogP contribution in [0.1, 0.15) is 10.4 Å². The minimum atomic E-state index is -0.511. The standard InChI is InChI=1S/C22H15N3O3S3/c23-12-15-8-10-30-21(15)24-18(26)13-28-19(27)11-17-20(16-7-4-9-29-16)25-22(31-17)14-5-2-1-3-6-14/h1-10H,11,13H2,(H,24,26). The molecule has 1 N–H and O–H groups in total. The summed E-state index contributed by atoms with van der Waals surface area (Å²) in [6, 6.07) is 17.3. The molecule has 3 heterocycles. The highest BCUT2D eigenvalue weighted by Gasteiger charge is 2.19. The largest absolute Gasteiger partial charge is 0.455 e. The van der Waals surface area contributed by atoms with Crippen LogP contribution in [0.3, 0.4) is 0 Å². The van der Waals surface area contributed by atoms with Crippen molar-refractivity contribution in [1.82, 2.24) is 4.98 Å². The van der Waals surface area contributed by atoms with Gasteiger partial charge in [0.15, 0.2) is 6.61 Å². The lowest BCUT2D eigenvalue weighted by Gasteiger charge is -2.05. The van der Waals surface area contributed by atoms with Crippen molar-refractivity contribution in [2.24, 2.45) is 0 Å². The summed E-state index contributed by atoms with van der Waals surface area (Å²) in [5.74, 6) is -0.997. The molecule has 31 heavy (non-hydrogen) atoms. The van der Waals surface area contributed by atoms with Gasteiger partial charge in [-0.25, -0.2) is 4.98 Å². The lowest BCUT2D eigenvalue weighted by molar-refractivity contribution is -0.146. The van der Waals surface area contributed by atoms with Gasteiger partial charge in [-0.2, -0.15) is 5.26 Å². The fourth-order valence-corrected chi connectivity index (χ4v) is 5.39. The molecule has 0 saturated carbocycles. The first kappa shape index (κ1) is 20.9. The summed E-state index contributed by atoms with van der Waals surface area (Å²) >= 11 is 4.23. The van der Waals surface area contributed by atoms with Crippen LogP contribution in [0.4, 0.5) is 5.00 Å². The van der Waals surface area contributed by atoms with Gasteiger partial charge in [0.1, 0.15) is 16.1 Å². The first-order chi connectivity index (χ1) is 15.1. The van der Waals surface area contributed by atoms with E-state index in [0.29, 0.717) is 10.6 Å². The number of carbonyl (C=O) groups is 2. The monoisotopic (exact) mass is 465 g/mol. The van der Waals surface area contributed by atoms with E-state index in [1.165, 1.54) is 22.7 Å². The zero-order valence-corrected chi connectivity index (χ0v) is 18.5. The van der Waals surface area contributed by atoms with E-state index in [0.717, 1.165) is 26.0 Å². The van der Waals surface area contributed by atoms with Crippen LogP contribution in [0.5, 0.6) is 0 Å². The SMILES string of the molecule is N#Cc1ccsc1NC(=O)COC(=O)Cc1sc(-c2ccccc2)nc1-c1cccs1. The van der Waals surface area contributed by atoms with Crippen LogP contribution in [0.25, 0.3) is 21.1 Å². The lowest BCUT2D eigenvalue weighted by atomic mass is 10.2. The van der Waals surface area contributed by atoms with Crippen LogP contribution < -0.4 is 5.32 Å². The number of nitriles is 1. The van der Waals surface area contributed by atoms with Gasteiger partial charge in [0, 0.05) is 10.4 Å². The summed E-state index contributed by atoms with van der Waals surface area (Å²) in [5.41, 5.74) is 2.12. The summed E-state index contributed by atoms with van der Waals surface area (Å²) in [6.07, 6.45) is 0.0213.